The number of rotatable bonds is 10. The fraction of sp³-hybridized carbons (Fsp3) is 0.500. The molecule has 0 aromatic heterocycles. The van der Waals surface area contributed by atoms with Crippen molar-refractivity contribution in [1.29, 1.82) is 0 Å². The van der Waals surface area contributed by atoms with Crippen molar-refractivity contribution in [2.24, 2.45) is 0 Å². The zero-order valence-electron chi connectivity index (χ0n) is 14.3. The van der Waals surface area contributed by atoms with E-state index in [2.05, 4.69) is 10.1 Å². The van der Waals surface area contributed by atoms with Crippen molar-refractivity contribution in [1.82, 2.24) is 10.2 Å². The molecule has 2 amide bonds. The van der Waals surface area contributed by atoms with Gasteiger partial charge in [0.1, 0.15) is 0 Å². The van der Waals surface area contributed by atoms with Gasteiger partial charge in [-0.1, -0.05) is 6.92 Å². The van der Waals surface area contributed by atoms with E-state index < -0.39 is 37.9 Å². The van der Waals surface area contributed by atoms with Gasteiger partial charge in [-0.2, -0.15) is 8.78 Å². The Morgan fingerprint density at radius 1 is 1.19 bits per heavy atom. The summed E-state index contributed by atoms with van der Waals surface area (Å²) in [5.41, 5.74) is 0.0344. The average Bonchev–Trinajstić information content (AvgIpc) is 2.58. The molecule has 0 aliphatic carbocycles. The van der Waals surface area contributed by atoms with Crippen LogP contribution in [0.5, 0.6) is 11.5 Å². The van der Waals surface area contributed by atoms with E-state index in [4.69, 9.17) is 4.74 Å². The molecular formula is C16H20F4N2O4. The van der Waals surface area contributed by atoms with Crippen LogP contribution in [-0.4, -0.2) is 56.5 Å². The van der Waals surface area contributed by atoms with Crippen LogP contribution in [0.2, 0.25) is 0 Å². The zero-order valence-corrected chi connectivity index (χ0v) is 14.3. The van der Waals surface area contributed by atoms with E-state index in [1.54, 1.807) is 6.92 Å². The largest absolute Gasteiger partial charge is 0.493 e. The third-order valence-corrected chi connectivity index (χ3v) is 3.25. The van der Waals surface area contributed by atoms with E-state index in [0.717, 1.165) is 11.0 Å². The second-order valence-electron chi connectivity index (χ2n) is 5.16. The first-order chi connectivity index (χ1) is 12.3. The lowest BCUT2D eigenvalue weighted by atomic mass is 10.2. The highest BCUT2D eigenvalue weighted by Gasteiger charge is 2.19. The van der Waals surface area contributed by atoms with Gasteiger partial charge in [-0.05, 0) is 24.6 Å². The SMILES string of the molecule is CCCN(CC(F)F)C(=O)CNC(=O)c1ccc(OC(F)F)c(OC)c1. The minimum Gasteiger partial charge on any atom is -0.493 e. The second-order valence-corrected chi connectivity index (χ2v) is 5.16. The number of hydrogen-bond acceptors (Lipinski definition) is 4. The number of carbonyl (C=O) groups is 2. The molecule has 0 atom stereocenters. The van der Waals surface area contributed by atoms with Gasteiger partial charge in [0.2, 0.25) is 5.91 Å². The number of benzene rings is 1. The number of nitrogens with one attached hydrogen (secondary N) is 1. The maximum absolute atomic E-state index is 12.5. The Kier molecular flexibility index (Phi) is 8.66. The summed E-state index contributed by atoms with van der Waals surface area (Å²) >= 11 is 0. The molecule has 1 rings (SSSR count). The van der Waals surface area contributed by atoms with Crippen molar-refractivity contribution in [2.45, 2.75) is 26.4 Å². The highest BCUT2D eigenvalue weighted by Crippen LogP contribution is 2.29. The van der Waals surface area contributed by atoms with Gasteiger partial charge in [-0.25, -0.2) is 8.78 Å². The molecule has 10 heteroatoms. The molecule has 0 saturated carbocycles. The summed E-state index contributed by atoms with van der Waals surface area (Å²) in [4.78, 5) is 25.0. The molecule has 0 aliphatic rings. The first-order valence-corrected chi connectivity index (χ1v) is 7.75. The normalized spacial score (nSPS) is 10.8. The van der Waals surface area contributed by atoms with Gasteiger partial charge in [0, 0.05) is 12.1 Å². The molecule has 1 N–H and O–H groups in total. The van der Waals surface area contributed by atoms with Crippen LogP contribution < -0.4 is 14.8 Å². The maximum Gasteiger partial charge on any atom is 0.387 e. The molecule has 0 heterocycles. The summed E-state index contributed by atoms with van der Waals surface area (Å²) in [6.07, 6.45) is -2.18. The molecule has 0 saturated heterocycles. The van der Waals surface area contributed by atoms with Gasteiger partial charge in [-0.3, -0.25) is 9.59 Å². The van der Waals surface area contributed by atoms with E-state index in [1.807, 2.05) is 0 Å². The number of hydrogen-bond donors (Lipinski definition) is 1. The van der Waals surface area contributed by atoms with E-state index in [9.17, 15) is 27.2 Å². The molecule has 26 heavy (non-hydrogen) atoms. The number of amides is 2. The lowest BCUT2D eigenvalue weighted by molar-refractivity contribution is -0.132. The summed E-state index contributed by atoms with van der Waals surface area (Å²) < 4.78 is 58.7. The standard InChI is InChI=1S/C16H20F4N2O4/c1-3-6-22(9-13(17)18)14(23)8-21-15(24)10-4-5-11(26-16(19)20)12(7-10)25-2/h4-5,7,13,16H,3,6,8-9H2,1-2H3,(H,21,24). The van der Waals surface area contributed by atoms with Gasteiger partial charge in [-0.15, -0.1) is 0 Å². The number of carbonyl (C=O) groups excluding carboxylic acids is 2. The minimum absolute atomic E-state index is 0.0344. The van der Waals surface area contributed by atoms with E-state index in [1.165, 1.54) is 19.2 Å². The fourth-order valence-corrected chi connectivity index (χ4v) is 2.13. The Labute approximate surface area is 148 Å². The fourth-order valence-electron chi connectivity index (χ4n) is 2.13. The number of halogens is 4. The highest BCUT2D eigenvalue weighted by atomic mass is 19.3. The second kappa shape index (κ2) is 10.5. The predicted octanol–water partition coefficient (Wildman–Crippen LogP) is 2.53. The van der Waals surface area contributed by atoms with E-state index in [0.29, 0.717) is 6.42 Å². The summed E-state index contributed by atoms with van der Waals surface area (Å²) in [6.45, 7) is -2.36. The van der Waals surface area contributed by atoms with Gasteiger partial charge >= 0.3 is 6.61 Å². The molecule has 6 nitrogen and oxygen atoms in total. The Morgan fingerprint density at radius 3 is 2.42 bits per heavy atom. The molecule has 0 spiro atoms. The van der Waals surface area contributed by atoms with Crippen molar-refractivity contribution in [2.75, 3.05) is 26.7 Å². The van der Waals surface area contributed by atoms with Gasteiger partial charge in [0.15, 0.2) is 11.5 Å². The predicted molar refractivity (Wildman–Crippen MR) is 84.8 cm³/mol. The topological polar surface area (TPSA) is 67.9 Å². The molecule has 0 bridgehead atoms. The van der Waals surface area contributed by atoms with Crippen molar-refractivity contribution in [3.8, 4) is 11.5 Å². The number of ether oxygens (including phenoxy) is 2. The molecule has 0 fully saturated rings. The molecule has 0 radical (unpaired) electrons. The zero-order chi connectivity index (χ0) is 19.7. The summed E-state index contributed by atoms with van der Waals surface area (Å²) in [5, 5.41) is 2.30. The monoisotopic (exact) mass is 380 g/mol. The number of alkyl halides is 4. The molecule has 1 aromatic carbocycles. The Hall–Kier alpha value is -2.52. The Morgan fingerprint density at radius 2 is 1.88 bits per heavy atom. The molecule has 1 aromatic rings. The van der Waals surface area contributed by atoms with Gasteiger partial charge in [0.05, 0.1) is 20.2 Å². The van der Waals surface area contributed by atoms with Gasteiger partial charge in [0.25, 0.3) is 12.3 Å². The van der Waals surface area contributed by atoms with Crippen LogP contribution >= 0.6 is 0 Å². The Balaban J connectivity index is 2.73. The van der Waals surface area contributed by atoms with Gasteiger partial charge < -0.3 is 19.7 Å². The first kappa shape index (κ1) is 21.5. The molecular weight excluding hydrogens is 360 g/mol. The molecule has 146 valence electrons. The van der Waals surface area contributed by atoms with Crippen molar-refractivity contribution >= 4 is 11.8 Å². The molecule has 0 unspecified atom stereocenters. The first-order valence-electron chi connectivity index (χ1n) is 7.75. The van der Waals surface area contributed by atoms with Crippen LogP contribution in [0.4, 0.5) is 17.6 Å². The Bertz CT molecular complexity index is 614. The lowest BCUT2D eigenvalue weighted by Crippen LogP contribution is -2.42. The number of nitrogens with zero attached hydrogens (tertiary/aromatic N) is 1. The smallest absolute Gasteiger partial charge is 0.387 e. The minimum atomic E-state index is -3.06. The van der Waals surface area contributed by atoms with E-state index >= 15 is 0 Å². The van der Waals surface area contributed by atoms with Crippen LogP contribution in [0.1, 0.15) is 23.7 Å². The third kappa shape index (κ3) is 6.77. The van der Waals surface area contributed by atoms with Crippen molar-refractivity contribution in [3.63, 3.8) is 0 Å². The maximum atomic E-state index is 12.5. The third-order valence-electron chi connectivity index (χ3n) is 3.25. The quantitative estimate of drug-likeness (QED) is 0.634. The van der Waals surface area contributed by atoms with Crippen LogP contribution in [0, 0.1) is 0 Å². The lowest BCUT2D eigenvalue weighted by Gasteiger charge is -2.21. The van der Waals surface area contributed by atoms with E-state index in [-0.39, 0.29) is 23.6 Å². The van der Waals surface area contributed by atoms with Crippen LogP contribution in [0.3, 0.4) is 0 Å². The molecule has 0 aliphatic heterocycles. The summed E-state index contributed by atoms with van der Waals surface area (Å²) in [7, 11) is 1.21. The average molecular weight is 380 g/mol. The van der Waals surface area contributed by atoms with Crippen molar-refractivity contribution < 1.29 is 36.6 Å². The van der Waals surface area contributed by atoms with Crippen LogP contribution in [0.15, 0.2) is 18.2 Å². The summed E-state index contributed by atoms with van der Waals surface area (Å²) in [5.74, 6) is -1.67. The highest BCUT2D eigenvalue weighted by molar-refractivity contribution is 5.97. The van der Waals surface area contributed by atoms with Crippen LogP contribution in [-0.2, 0) is 4.79 Å². The number of methoxy groups -OCH3 is 1. The van der Waals surface area contributed by atoms with Crippen molar-refractivity contribution in [3.05, 3.63) is 23.8 Å². The summed E-state index contributed by atoms with van der Waals surface area (Å²) in [6, 6.07) is 3.51. The van der Waals surface area contributed by atoms with Crippen LogP contribution in [0.25, 0.3) is 0 Å².